The van der Waals surface area contributed by atoms with Crippen molar-refractivity contribution in [3.8, 4) is 0 Å². The maximum atomic E-state index is 14.5. The van der Waals surface area contributed by atoms with Gasteiger partial charge in [0, 0.05) is 12.5 Å². The second-order valence-corrected chi connectivity index (χ2v) is 7.28. The van der Waals surface area contributed by atoms with Gasteiger partial charge in [-0.15, -0.1) is 0 Å². The first-order valence-corrected chi connectivity index (χ1v) is 8.03. The monoisotopic (exact) mass is 306 g/mol. The van der Waals surface area contributed by atoms with E-state index in [1.54, 1.807) is 6.07 Å². The Kier molecular flexibility index (Phi) is 4.08. The predicted octanol–water partition coefficient (Wildman–Crippen LogP) is 3.02. The van der Waals surface area contributed by atoms with E-state index in [0.717, 1.165) is 30.5 Å². The lowest BCUT2D eigenvalue weighted by molar-refractivity contribution is 0.00578. The molecule has 2 aliphatic rings. The largest absolute Gasteiger partial charge is 0.494 e. The van der Waals surface area contributed by atoms with Crippen LogP contribution in [0.4, 0.5) is 4.39 Å². The summed E-state index contributed by atoms with van der Waals surface area (Å²) < 4.78 is 31.9. The van der Waals surface area contributed by atoms with E-state index in [-0.39, 0.29) is 11.7 Å². The van der Waals surface area contributed by atoms with Crippen LogP contribution in [0.15, 0.2) is 18.2 Å². The molecule has 1 aromatic carbocycles. The third kappa shape index (κ3) is 2.82. The van der Waals surface area contributed by atoms with E-state index in [1.165, 1.54) is 0 Å². The zero-order valence-electron chi connectivity index (χ0n) is 13.8. The van der Waals surface area contributed by atoms with E-state index in [1.807, 2.05) is 39.8 Å². The van der Waals surface area contributed by atoms with Gasteiger partial charge >= 0.3 is 7.12 Å². The average molecular weight is 306 g/mol. The summed E-state index contributed by atoms with van der Waals surface area (Å²) in [6.07, 6.45) is 1.97. The lowest BCUT2D eigenvalue weighted by Gasteiger charge is -2.32. The molecule has 0 N–H and O–H groups in total. The van der Waals surface area contributed by atoms with Gasteiger partial charge in [-0.25, -0.2) is 4.39 Å². The molecule has 5 heteroatoms. The molecule has 1 aromatic rings. The van der Waals surface area contributed by atoms with Crippen molar-refractivity contribution >= 4 is 12.6 Å². The summed E-state index contributed by atoms with van der Waals surface area (Å²) in [6.45, 7) is 9.37. The Hall–Kier alpha value is -0.905. The van der Waals surface area contributed by atoms with Crippen molar-refractivity contribution in [3.63, 3.8) is 0 Å². The van der Waals surface area contributed by atoms with Crippen LogP contribution < -0.4 is 5.46 Å². The smallest absolute Gasteiger partial charge is 0.399 e. The minimum Gasteiger partial charge on any atom is -0.399 e. The van der Waals surface area contributed by atoms with E-state index in [9.17, 15) is 4.39 Å². The van der Waals surface area contributed by atoms with Crippen LogP contribution in [0, 0.1) is 5.82 Å². The second kappa shape index (κ2) is 5.62. The molecule has 22 heavy (non-hydrogen) atoms. The minimum absolute atomic E-state index is 0.154. The summed E-state index contributed by atoms with van der Waals surface area (Å²) in [6, 6.07) is 5.32. The molecule has 2 aliphatic heterocycles. The van der Waals surface area contributed by atoms with Crippen molar-refractivity contribution in [1.82, 2.24) is 0 Å². The minimum atomic E-state index is -0.517. The van der Waals surface area contributed by atoms with Gasteiger partial charge in [-0.2, -0.15) is 0 Å². The van der Waals surface area contributed by atoms with Crippen molar-refractivity contribution in [3.05, 3.63) is 29.6 Å². The highest BCUT2D eigenvalue weighted by Gasteiger charge is 2.51. The zero-order valence-corrected chi connectivity index (χ0v) is 13.8. The Morgan fingerprint density at radius 3 is 2.36 bits per heavy atom. The van der Waals surface area contributed by atoms with Crippen LogP contribution in [-0.2, 0) is 14.0 Å². The van der Waals surface area contributed by atoms with E-state index in [4.69, 9.17) is 14.0 Å². The van der Waals surface area contributed by atoms with Crippen LogP contribution in [0.3, 0.4) is 0 Å². The molecule has 0 bridgehead atoms. The van der Waals surface area contributed by atoms with Crippen molar-refractivity contribution < 1.29 is 18.4 Å². The molecule has 0 aliphatic carbocycles. The van der Waals surface area contributed by atoms with Gasteiger partial charge in [0.2, 0.25) is 0 Å². The molecule has 0 radical (unpaired) electrons. The van der Waals surface area contributed by atoms with Gasteiger partial charge in [0.1, 0.15) is 5.82 Å². The van der Waals surface area contributed by atoms with Crippen LogP contribution in [0.25, 0.3) is 0 Å². The Morgan fingerprint density at radius 1 is 1.14 bits per heavy atom. The van der Waals surface area contributed by atoms with Crippen LogP contribution >= 0.6 is 0 Å². The van der Waals surface area contributed by atoms with E-state index in [2.05, 4.69) is 0 Å². The van der Waals surface area contributed by atoms with Crippen molar-refractivity contribution in [2.24, 2.45) is 0 Å². The fraction of sp³-hybridized carbons (Fsp3) is 0.647. The van der Waals surface area contributed by atoms with E-state index in [0.29, 0.717) is 6.61 Å². The lowest BCUT2D eigenvalue weighted by Crippen LogP contribution is -2.41. The zero-order chi connectivity index (χ0) is 16.0. The third-order valence-corrected chi connectivity index (χ3v) is 5.15. The molecule has 1 unspecified atom stereocenters. The van der Waals surface area contributed by atoms with Crippen LogP contribution in [0.2, 0.25) is 0 Å². The molecule has 0 spiro atoms. The van der Waals surface area contributed by atoms with Crippen molar-refractivity contribution in [2.45, 2.75) is 57.7 Å². The number of ether oxygens (including phenoxy) is 1. The summed E-state index contributed by atoms with van der Waals surface area (Å²) in [4.78, 5) is 0. The molecular formula is C17H24BFO3. The van der Waals surface area contributed by atoms with Gasteiger partial charge in [-0.05, 0) is 57.6 Å². The quantitative estimate of drug-likeness (QED) is 0.786. The molecule has 120 valence electrons. The second-order valence-electron chi connectivity index (χ2n) is 7.28. The standard InChI is InChI=1S/C17H24BFO3/c1-16(2)17(3,4)22-18(21-16)13-7-8-14(15(19)10-13)12-6-5-9-20-11-12/h7-8,10,12H,5-6,9,11H2,1-4H3. The Labute approximate surface area is 132 Å². The maximum absolute atomic E-state index is 14.5. The first kappa shape index (κ1) is 16.0. The van der Waals surface area contributed by atoms with E-state index < -0.39 is 18.3 Å². The van der Waals surface area contributed by atoms with Gasteiger partial charge in [-0.3, -0.25) is 0 Å². The molecule has 0 aromatic heterocycles. The number of halogens is 1. The highest BCUT2D eigenvalue weighted by Crippen LogP contribution is 2.36. The molecule has 2 fully saturated rings. The van der Waals surface area contributed by atoms with E-state index >= 15 is 0 Å². The number of benzene rings is 1. The van der Waals surface area contributed by atoms with Gasteiger partial charge in [0.15, 0.2) is 0 Å². The summed E-state index contributed by atoms with van der Waals surface area (Å²) in [5, 5.41) is 0. The van der Waals surface area contributed by atoms with Gasteiger partial charge in [0.25, 0.3) is 0 Å². The van der Waals surface area contributed by atoms with Crippen LogP contribution in [-0.4, -0.2) is 31.5 Å². The van der Waals surface area contributed by atoms with Crippen LogP contribution in [0.5, 0.6) is 0 Å². The van der Waals surface area contributed by atoms with Crippen molar-refractivity contribution in [1.29, 1.82) is 0 Å². The normalized spacial score (nSPS) is 27.1. The third-order valence-electron chi connectivity index (χ3n) is 5.15. The molecule has 1 atom stereocenters. The number of hydrogen-bond donors (Lipinski definition) is 0. The van der Waals surface area contributed by atoms with Gasteiger partial charge in [0.05, 0.1) is 17.8 Å². The fourth-order valence-corrected chi connectivity index (χ4v) is 2.99. The Morgan fingerprint density at radius 2 is 1.82 bits per heavy atom. The topological polar surface area (TPSA) is 27.7 Å². The maximum Gasteiger partial charge on any atom is 0.494 e. The Bertz CT molecular complexity index is 537. The molecule has 3 rings (SSSR count). The van der Waals surface area contributed by atoms with Gasteiger partial charge in [-0.1, -0.05) is 12.1 Å². The molecule has 2 heterocycles. The lowest BCUT2D eigenvalue weighted by atomic mass is 9.77. The highest BCUT2D eigenvalue weighted by atomic mass is 19.1. The SMILES string of the molecule is CC1(C)OB(c2ccc(C3CCCOC3)c(F)c2)OC1(C)C. The van der Waals surface area contributed by atoms with Crippen LogP contribution in [0.1, 0.15) is 52.0 Å². The molecule has 0 saturated carbocycles. The predicted molar refractivity (Wildman–Crippen MR) is 84.9 cm³/mol. The summed E-state index contributed by atoms with van der Waals surface area (Å²) >= 11 is 0. The van der Waals surface area contributed by atoms with Gasteiger partial charge < -0.3 is 14.0 Å². The summed E-state index contributed by atoms with van der Waals surface area (Å²) in [5.74, 6) is -0.0381. The number of hydrogen-bond acceptors (Lipinski definition) is 3. The summed E-state index contributed by atoms with van der Waals surface area (Å²) in [7, 11) is -0.517. The first-order chi connectivity index (χ1) is 10.3. The molecular weight excluding hydrogens is 282 g/mol. The molecule has 3 nitrogen and oxygen atoms in total. The number of rotatable bonds is 2. The molecule has 0 amide bonds. The molecule has 2 saturated heterocycles. The highest BCUT2D eigenvalue weighted by molar-refractivity contribution is 6.62. The fourth-order valence-electron chi connectivity index (χ4n) is 2.99. The average Bonchev–Trinajstić information content (AvgIpc) is 2.68. The Balaban J connectivity index is 1.81. The van der Waals surface area contributed by atoms with Crippen molar-refractivity contribution in [2.75, 3.05) is 13.2 Å². The summed E-state index contributed by atoms with van der Waals surface area (Å²) in [5.41, 5.74) is 0.644. The first-order valence-electron chi connectivity index (χ1n) is 8.03.